The highest BCUT2D eigenvalue weighted by molar-refractivity contribution is 7.09. The van der Waals surface area contributed by atoms with Crippen molar-refractivity contribution in [2.75, 3.05) is 0 Å². The summed E-state index contributed by atoms with van der Waals surface area (Å²) in [6.07, 6.45) is 0. The summed E-state index contributed by atoms with van der Waals surface area (Å²) in [7, 11) is 0. The Labute approximate surface area is 117 Å². The van der Waals surface area contributed by atoms with Gasteiger partial charge in [0.15, 0.2) is 0 Å². The van der Waals surface area contributed by atoms with Gasteiger partial charge in [-0.3, -0.25) is 0 Å². The number of nitrogens with one attached hydrogen (secondary N) is 1. The second-order valence-corrected chi connectivity index (χ2v) is 5.97. The van der Waals surface area contributed by atoms with Crippen molar-refractivity contribution in [1.29, 1.82) is 0 Å². The molecule has 0 saturated heterocycles. The van der Waals surface area contributed by atoms with Crippen LogP contribution in [0, 0.1) is 19.7 Å². The highest BCUT2D eigenvalue weighted by Crippen LogP contribution is 2.22. The molecule has 0 radical (unpaired) electrons. The van der Waals surface area contributed by atoms with Crippen LogP contribution in [-0.4, -0.2) is 4.98 Å². The fraction of sp³-hybridized carbons (Fsp3) is 0.400. The summed E-state index contributed by atoms with van der Waals surface area (Å²) < 4.78 is 13.6. The van der Waals surface area contributed by atoms with Gasteiger partial charge in [0.2, 0.25) is 0 Å². The molecule has 4 heteroatoms. The van der Waals surface area contributed by atoms with Gasteiger partial charge in [0.25, 0.3) is 0 Å². The lowest BCUT2D eigenvalue weighted by Crippen LogP contribution is -2.22. The van der Waals surface area contributed by atoms with Crippen LogP contribution in [-0.2, 0) is 0 Å². The van der Waals surface area contributed by atoms with E-state index in [1.807, 2.05) is 26.0 Å². The van der Waals surface area contributed by atoms with Gasteiger partial charge in [0.1, 0.15) is 5.82 Å². The largest absolute Gasteiger partial charge is 0.302 e. The molecule has 0 aliphatic heterocycles. The third kappa shape index (κ3) is 3.39. The van der Waals surface area contributed by atoms with Crippen molar-refractivity contribution in [1.82, 2.24) is 10.3 Å². The van der Waals surface area contributed by atoms with Crippen LogP contribution in [0.2, 0.25) is 0 Å². The molecule has 1 aromatic heterocycles. The van der Waals surface area contributed by atoms with Crippen LogP contribution in [0.5, 0.6) is 0 Å². The number of thiazole rings is 1. The first-order valence-electron chi connectivity index (χ1n) is 6.41. The van der Waals surface area contributed by atoms with Gasteiger partial charge >= 0.3 is 0 Å². The number of nitrogens with zero attached hydrogens (tertiary/aromatic N) is 1. The van der Waals surface area contributed by atoms with E-state index in [0.717, 1.165) is 16.3 Å². The van der Waals surface area contributed by atoms with Crippen molar-refractivity contribution in [2.24, 2.45) is 0 Å². The lowest BCUT2D eigenvalue weighted by molar-refractivity contribution is 0.484. The van der Waals surface area contributed by atoms with Gasteiger partial charge in [-0.05, 0) is 44.9 Å². The summed E-state index contributed by atoms with van der Waals surface area (Å²) in [6, 6.07) is 5.64. The van der Waals surface area contributed by atoms with Crippen LogP contribution < -0.4 is 5.32 Å². The summed E-state index contributed by atoms with van der Waals surface area (Å²) in [4.78, 5) is 4.47. The van der Waals surface area contributed by atoms with Crippen molar-refractivity contribution in [2.45, 2.75) is 39.8 Å². The Balaban J connectivity index is 2.07. The Bertz CT molecular complexity index is 565. The maximum Gasteiger partial charge on any atom is 0.126 e. The first-order valence-corrected chi connectivity index (χ1v) is 7.29. The van der Waals surface area contributed by atoms with E-state index < -0.39 is 0 Å². The molecule has 0 aliphatic carbocycles. The van der Waals surface area contributed by atoms with E-state index in [1.54, 1.807) is 24.3 Å². The predicted molar refractivity (Wildman–Crippen MR) is 78.0 cm³/mol. The van der Waals surface area contributed by atoms with Crippen LogP contribution >= 0.6 is 11.3 Å². The SMILES string of the molecule is Cc1nc(C(C)NC(C)c2ccc(C)c(F)c2)cs1. The quantitative estimate of drug-likeness (QED) is 0.901. The van der Waals surface area contributed by atoms with Crippen LogP contribution in [0.15, 0.2) is 23.6 Å². The molecule has 0 fully saturated rings. The van der Waals surface area contributed by atoms with Crippen molar-refractivity contribution in [3.05, 3.63) is 51.2 Å². The Kier molecular flexibility index (Phi) is 4.32. The third-order valence-corrected chi connectivity index (χ3v) is 4.07. The molecule has 2 rings (SSSR count). The molecule has 0 aliphatic rings. The molecule has 2 aromatic rings. The van der Waals surface area contributed by atoms with Crippen molar-refractivity contribution in [3.8, 4) is 0 Å². The van der Waals surface area contributed by atoms with Gasteiger partial charge in [-0.15, -0.1) is 11.3 Å². The average molecular weight is 278 g/mol. The summed E-state index contributed by atoms with van der Waals surface area (Å²) in [6.45, 7) is 7.90. The summed E-state index contributed by atoms with van der Waals surface area (Å²) in [5.41, 5.74) is 2.68. The van der Waals surface area contributed by atoms with Crippen molar-refractivity contribution < 1.29 is 4.39 Å². The van der Waals surface area contributed by atoms with Gasteiger partial charge in [-0.25, -0.2) is 9.37 Å². The van der Waals surface area contributed by atoms with E-state index in [1.165, 1.54) is 0 Å². The molecule has 0 spiro atoms. The lowest BCUT2D eigenvalue weighted by atomic mass is 10.0. The highest BCUT2D eigenvalue weighted by atomic mass is 32.1. The Morgan fingerprint density at radius 1 is 1.21 bits per heavy atom. The van der Waals surface area contributed by atoms with Crippen LogP contribution in [0.4, 0.5) is 4.39 Å². The van der Waals surface area contributed by atoms with Crippen LogP contribution in [0.1, 0.15) is 47.8 Å². The topological polar surface area (TPSA) is 24.9 Å². The van der Waals surface area contributed by atoms with Crippen LogP contribution in [0.25, 0.3) is 0 Å². The van der Waals surface area contributed by atoms with Gasteiger partial charge in [-0.2, -0.15) is 0 Å². The molecule has 19 heavy (non-hydrogen) atoms. The van der Waals surface area contributed by atoms with E-state index in [9.17, 15) is 4.39 Å². The minimum atomic E-state index is -0.150. The third-order valence-electron chi connectivity index (χ3n) is 3.28. The monoisotopic (exact) mass is 278 g/mol. The van der Waals surface area contributed by atoms with Gasteiger partial charge in [0, 0.05) is 17.5 Å². The maximum atomic E-state index is 13.6. The van der Waals surface area contributed by atoms with Gasteiger partial charge in [0.05, 0.1) is 10.7 Å². The second-order valence-electron chi connectivity index (χ2n) is 4.91. The molecule has 1 heterocycles. The molecule has 2 atom stereocenters. The average Bonchev–Trinajstić information content (AvgIpc) is 2.79. The zero-order valence-electron chi connectivity index (χ0n) is 11.7. The van der Waals surface area contributed by atoms with E-state index >= 15 is 0 Å². The van der Waals surface area contributed by atoms with E-state index in [0.29, 0.717) is 5.56 Å². The fourth-order valence-electron chi connectivity index (χ4n) is 2.01. The first kappa shape index (κ1) is 14.2. The standard InChI is InChI=1S/C15H19FN2S/c1-9-5-6-13(7-14(9)16)10(2)17-11(3)15-8-19-12(4)18-15/h5-8,10-11,17H,1-4H3. The molecule has 2 unspecified atom stereocenters. The molecule has 1 N–H and O–H groups in total. The molecule has 2 nitrogen and oxygen atoms in total. The zero-order valence-corrected chi connectivity index (χ0v) is 12.5. The van der Waals surface area contributed by atoms with Gasteiger partial charge < -0.3 is 5.32 Å². The molecule has 0 amide bonds. The van der Waals surface area contributed by atoms with E-state index in [2.05, 4.69) is 22.6 Å². The minimum Gasteiger partial charge on any atom is -0.302 e. The molecule has 102 valence electrons. The highest BCUT2D eigenvalue weighted by Gasteiger charge is 2.14. The predicted octanol–water partition coefficient (Wildman–Crippen LogP) is 4.31. The lowest BCUT2D eigenvalue weighted by Gasteiger charge is -2.19. The Hall–Kier alpha value is -1.26. The molecule has 1 aromatic carbocycles. The number of benzene rings is 1. The molecule has 0 saturated carbocycles. The van der Waals surface area contributed by atoms with Gasteiger partial charge in [-0.1, -0.05) is 12.1 Å². The number of hydrogen-bond donors (Lipinski definition) is 1. The zero-order chi connectivity index (χ0) is 14.0. The molecular formula is C15H19FN2S. The second kappa shape index (κ2) is 5.80. The number of hydrogen-bond acceptors (Lipinski definition) is 3. The summed E-state index contributed by atoms with van der Waals surface area (Å²) in [5, 5.41) is 6.58. The smallest absolute Gasteiger partial charge is 0.126 e. The number of aryl methyl sites for hydroxylation is 2. The molecule has 0 bridgehead atoms. The summed E-state index contributed by atoms with van der Waals surface area (Å²) >= 11 is 1.65. The Morgan fingerprint density at radius 3 is 2.53 bits per heavy atom. The maximum absolute atomic E-state index is 13.6. The summed E-state index contributed by atoms with van der Waals surface area (Å²) in [5.74, 6) is -0.150. The van der Waals surface area contributed by atoms with Crippen molar-refractivity contribution >= 4 is 11.3 Å². The van der Waals surface area contributed by atoms with Crippen molar-refractivity contribution in [3.63, 3.8) is 0 Å². The first-order chi connectivity index (χ1) is 8.97. The van der Waals surface area contributed by atoms with E-state index in [4.69, 9.17) is 0 Å². The number of aromatic nitrogens is 1. The molecular weight excluding hydrogens is 259 g/mol. The number of rotatable bonds is 4. The normalized spacial score (nSPS) is 14.4. The Morgan fingerprint density at radius 2 is 1.95 bits per heavy atom. The number of halogens is 1. The fourth-order valence-corrected chi connectivity index (χ4v) is 2.72. The minimum absolute atomic E-state index is 0.0899. The van der Waals surface area contributed by atoms with Crippen LogP contribution in [0.3, 0.4) is 0 Å². The van der Waals surface area contributed by atoms with E-state index in [-0.39, 0.29) is 17.9 Å².